The Morgan fingerprint density at radius 2 is 1.35 bits per heavy atom. The lowest BCUT2D eigenvalue weighted by atomic mass is 9.98. The standard InChI is InChI=1S/C38H62O6Si2/c1-36(2,3)45(9,10)43-32-25-30(26-33(27-32)44-46(11,12)37(4,5)6)28-41-31-20-16-19-29(24-31)18-14-13-15-22-38(7,8)42-35-34(39)21-17-23-40-35/h16,19-20,24-27,35H,13-15,17-18,21-23,28H2,1-12H3. The summed E-state index contributed by atoms with van der Waals surface area (Å²) in [4.78, 5) is 12.1. The quantitative estimate of drug-likeness (QED) is 0.139. The van der Waals surface area contributed by atoms with Gasteiger partial charge in [-0.1, -0.05) is 66.5 Å². The van der Waals surface area contributed by atoms with Crippen molar-refractivity contribution in [1.82, 2.24) is 0 Å². The first kappa shape index (κ1) is 38.3. The molecule has 3 rings (SSSR count). The van der Waals surface area contributed by atoms with Crippen molar-refractivity contribution in [2.75, 3.05) is 6.61 Å². The maximum absolute atomic E-state index is 12.1. The zero-order valence-electron chi connectivity index (χ0n) is 30.9. The van der Waals surface area contributed by atoms with E-state index < -0.39 is 22.9 Å². The molecule has 0 saturated carbocycles. The van der Waals surface area contributed by atoms with E-state index in [4.69, 9.17) is 23.1 Å². The van der Waals surface area contributed by atoms with Crippen LogP contribution in [0.15, 0.2) is 42.5 Å². The van der Waals surface area contributed by atoms with Gasteiger partial charge >= 0.3 is 0 Å². The number of aryl methyl sites for hydroxylation is 1. The van der Waals surface area contributed by atoms with Gasteiger partial charge in [0.25, 0.3) is 0 Å². The summed E-state index contributed by atoms with van der Waals surface area (Å²) in [7, 11) is -4.07. The summed E-state index contributed by atoms with van der Waals surface area (Å²) in [5.41, 5.74) is 1.93. The van der Waals surface area contributed by atoms with Gasteiger partial charge in [0.05, 0.1) is 12.2 Å². The Kier molecular flexibility index (Phi) is 12.8. The molecule has 1 saturated heterocycles. The maximum atomic E-state index is 12.1. The van der Waals surface area contributed by atoms with Crippen LogP contribution < -0.4 is 13.6 Å². The van der Waals surface area contributed by atoms with Gasteiger partial charge in [-0.3, -0.25) is 4.79 Å². The second-order valence-corrected chi connectivity index (χ2v) is 26.1. The van der Waals surface area contributed by atoms with Crippen LogP contribution in [-0.4, -0.2) is 40.9 Å². The third kappa shape index (κ3) is 11.5. The lowest BCUT2D eigenvalue weighted by Crippen LogP contribution is -2.44. The predicted molar refractivity (Wildman–Crippen MR) is 194 cm³/mol. The van der Waals surface area contributed by atoms with Crippen LogP contribution in [0.4, 0.5) is 0 Å². The predicted octanol–water partition coefficient (Wildman–Crippen LogP) is 10.6. The molecule has 2 aromatic carbocycles. The van der Waals surface area contributed by atoms with Gasteiger partial charge in [-0.15, -0.1) is 0 Å². The number of Topliss-reactive ketones (excluding diaryl/α,β-unsaturated/α-hetero) is 1. The third-order valence-electron chi connectivity index (χ3n) is 9.87. The highest BCUT2D eigenvalue weighted by Gasteiger charge is 2.41. The van der Waals surface area contributed by atoms with Crippen LogP contribution in [0.5, 0.6) is 17.2 Å². The smallest absolute Gasteiger partial charge is 0.250 e. The molecule has 1 aliphatic heterocycles. The van der Waals surface area contributed by atoms with Crippen molar-refractivity contribution in [3.8, 4) is 17.2 Å². The van der Waals surface area contributed by atoms with E-state index in [0.29, 0.717) is 19.6 Å². The SMILES string of the molecule is CC(C)(CCCCCc1cccc(OCc2cc(O[Si](C)(C)C(C)(C)C)cc(O[Si](C)(C)C(C)(C)C)c2)c1)OC1OCCCC1=O. The van der Waals surface area contributed by atoms with Crippen LogP contribution in [0, 0.1) is 0 Å². The van der Waals surface area contributed by atoms with E-state index in [2.05, 4.69) is 118 Å². The second kappa shape index (κ2) is 15.4. The van der Waals surface area contributed by atoms with E-state index in [9.17, 15) is 4.79 Å². The number of unbranched alkanes of at least 4 members (excludes halogenated alkanes) is 2. The largest absolute Gasteiger partial charge is 0.543 e. The van der Waals surface area contributed by atoms with Crippen molar-refractivity contribution in [2.45, 2.75) is 155 Å². The van der Waals surface area contributed by atoms with Gasteiger partial charge in [-0.05, 0) is 111 Å². The normalized spacial score (nSPS) is 16.8. The summed E-state index contributed by atoms with van der Waals surface area (Å²) >= 11 is 0. The average Bonchev–Trinajstić information content (AvgIpc) is 2.91. The van der Waals surface area contributed by atoms with Crippen molar-refractivity contribution < 1.29 is 27.9 Å². The number of ketones is 1. The first-order valence-electron chi connectivity index (χ1n) is 17.2. The molecular weight excluding hydrogens is 609 g/mol. The zero-order valence-corrected chi connectivity index (χ0v) is 32.9. The van der Waals surface area contributed by atoms with E-state index in [1.807, 2.05) is 6.07 Å². The molecule has 0 amide bonds. The van der Waals surface area contributed by atoms with Crippen LogP contribution in [0.3, 0.4) is 0 Å². The Balaban J connectivity index is 1.60. The summed E-state index contributed by atoms with van der Waals surface area (Å²) in [6.45, 7) is 27.8. The summed E-state index contributed by atoms with van der Waals surface area (Å²) < 4.78 is 31.4. The molecule has 0 bridgehead atoms. The van der Waals surface area contributed by atoms with E-state index >= 15 is 0 Å². The molecule has 0 spiro atoms. The lowest BCUT2D eigenvalue weighted by molar-refractivity contribution is -0.212. The van der Waals surface area contributed by atoms with E-state index in [-0.39, 0.29) is 21.5 Å². The number of benzene rings is 2. The molecule has 1 unspecified atom stereocenters. The Hall–Kier alpha value is -2.14. The molecule has 46 heavy (non-hydrogen) atoms. The van der Waals surface area contributed by atoms with Crippen LogP contribution in [0.1, 0.15) is 105 Å². The highest BCUT2D eigenvalue weighted by Crippen LogP contribution is 2.41. The van der Waals surface area contributed by atoms with Crippen molar-refractivity contribution in [3.05, 3.63) is 53.6 Å². The van der Waals surface area contributed by atoms with E-state index in [0.717, 1.165) is 61.3 Å². The van der Waals surface area contributed by atoms with Gasteiger partial charge in [0.2, 0.25) is 22.9 Å². The molecule has 1 fully saturated rings. The maximum Gasteiger partial charge on any atom is 0.250 e. The molecule has 6 nitrogen and oxygen atoms in total. The molecule has 1 heterocycles. The van der Waals surface area contributed by atoms with Crippen molar-refractivity contribution in [3.63, 3.8) is 0 Å². The Morgan fingerprint density at radius 3 is 1.91 bits per heavy atom. The molecule has 1 aliphatic rings. The van der Waals surface area contributed by atoms with Crippen LogP contribution in [0.2, 0.25) is 36.3 Å². The van der Waals surface area contributed by atoms with Crippen LogP contribution in [0.25, 0.3) is 0 Å². The highest BCUT2D eigenvalue weighted by atomic mass is 28.4. The number of carbonyl (C=O) groups is 1. The molecule has 1 atom stereocenters. The fourth-order valence-corrected chi connectivity index (χ4v) is 6.86. The summed E-state index contributed by atoms with van der Waals surface area (Å²) in [6, 6.07) is 14.7. The fourth-order valence-electron chi connectivity index (χ4n) is 4.84. The summed E-state index contributed by atoms with van der Waals surface area (Å²) in [6.07, 6.45) is 5.73. The average molecular weight is 671 g/mol. The molecule has 2 aromatic rings. The van der Waals surface area contributed by atoms with Gasteiger partial charge < -0.3 is 23.1 Å². The number of hydrogen-bond donors (Lipinski definition) is 0. The van der Waals surface area contributed by atoms with E-state index in [1.165, 1.54) is 5.56 Å². The minimum Gasteiger partial charge on any atom is -0.543 e. The number of rotatable bonds is 15. The van der Waals surface area contributed by atoms with E-state index in [1.54, 1.807) is 0 Å². The monoisotopic (exact) mass is 670 g/mol. The second-order valence-electron chi connectivity index (χ2n) is 16.7. The molecular formula is C38H62O6Si2. The van der Waals surface area contributed by atoms with Crippen LogP contribution in [-0.2, 0) is 27.3 Å². The Bertz CT molecular complexity index is 1240. The Labute approximate surface area is 282 Å². The molecule has 0 N–H and O–H groups in total. The van der Waals surface area contributed by atoms with Gasteiger partial charge in [0.1, 0.15) is 23.9 Å². The minimum absolute atomic E-state index is 0.0635. The molecule has 8 heteroatoms. The third-order valence-corrected chi connectivity index (χ3v) is 18.6. The van der Waals surface area contributed by atoms with Gasteiger partial charge in [0, 0.05) is 12.5 Å². The lowest BCUT2D eigenvalue weighted by Gasteiger charge is -2.38. The fraction of sp³-hybridized carbons (Fsp3) is 0.658. The molecule has 0 radical (unpaired) electrons. The van der Waals surface area contributed by atoms with Gasteiger partial charge in [-0.25, -0.2) is 0 Å². The van der Waals surface area contributed by atoms with Crippen molar-refractivity contribution in [1.29, 1.82) is 0 Å². The molecule has 0 aliphatic carbocycles. The molecule has 258 valence electrons. The summed E-state index contributed by atoms with van der Waals surface area (Å²) in [5, 5.41) is 0.184. The van der Waals surface area contributed by atoms with Gasteiger partial charge in [-0.2, -0.15) is 0 Å². The number of hydrogen-bond acceptors (Lipinski definition) is 6. The zero-order chi connectivity index (χ0) is 34.4. The summed E-state index contributed by atoms with van der Waals surface area (Å²) in [5.74, 6) is 2.66. The number of ether oxygens (including phenoxy) is 3. The topological polar surface area (TPSA) is 63.2 Å². The van der Waals surface area contributed by atoms with Crippen molar-refractivity contribution >= 4 is 22.4 Å². The van der Waals surface area contributed by atoms with Crippen LogP contribution >= 0.6 is 0 Å². The molecule has 0 aromatic heterocycles. The Morgan fingerprint density at radius 1 is 0.761 bits per heavy atom. The highest BCUT2D eigenvalue weighted by molar-refractivity contribution is 6.75. The minimum atomic E-state index is -2.04. The van der Waals surface area contributed by atoms with Crippen molar-refractivity contribution in [2.24, 2.45) is 0 Å². The first-order chi connectivity index (χ1) is 21.2. The van der Waals surface area contributed by atoms with Gasteiger partial charge in [0.15, 0.2) is 5.78 Å². The first-order valence-corrected chi connectivity index (χ1v) is 23.1. The number of carbonyl (C=O) groups excluding carboxylic acids is 1.